The molecule has 0 amide bonds. The molecule has 7 nitrogen and oxygen atoms in total. The first-order valence-electron chi connectivity index (χ1n) is 6.55. The van der Waals surface area contributed by atoms with E-state index in [1.807, 2.05) is 0 Å². The Bertz CT molecular complexity index is 737. The molecule has 128 valence electrons. The molecule has 0 fully saturated rings. The van der Waals surface area contributed by atoms with Crippen LogP contribution in [0.25, 0.3) is 0 Å². The Balaban J connectivity index is 2.35. The summed E-state index contributed by atoms with van der Waals surface area (Å²) in [6.07, 6.45) is -4.52. The summed E-state index contributed by atoms with van der Waals surface area (Å²) >= 11 is 0. The molecule has 1 N–H and O–H groups in total. The van der Waals surface area contributed by atoms with Gasteiger partial charge in [0.25, 0.3) is 0 Å². The fourth-order valence-electron chi connectivity index (χ4n) is 1.84. The lowest BCUT2D eigenvalue weighted by Crippen LogP contribution is -2.06. The molecule has 0 radical (unpaired) electrons. The van der Waals surface area contributed by atoms with E-state index in [4.69, 9.17) is 0 Å². The van der Waals surface area contributed by atoms with Crippen molar-refractivity contribution in [2.24, 2.45) is 0 Å². The molecule has 1 heterocycles. The van der Waals surface area contributed by atoms with Crippen LogP contribution in [-0.4, -0.2) is 17.0 Å². The number of pyridine rings is 1. The maximum atomic E-state index is 12.7. The van der Waals surface area contributed by atoms with Gasteiger partial charge >= 0.3 is 11.9 Å². The number of hydrogen-bond donors (Lipinski definition) is 1. The highest BCUT2D eigenvalue weighted by Crippen LogP contribution is 2.32. The van der Waals surface area contributed by atoms with E-state index in [2.05, 4.69) is 20.1 Å². The molecule has 2 aromatic rings. The third-order valence-corrected chi connectivity index (χ3v) is 2.91. The van der Waals surface area contributed by atoms with Crippen molar-refractivity contribution in [2.75, 3.05) is 12.4 Å². The molecule has 0 aliphatic rings. The molecule has 0 aliphatic carbocycles. The van der Waals surface area contributed by atoms with Crippen LogP contribution < -0.4 is 5.32 Å². The first-order valence-corrected chi connectivity index (χ1v) is 6.55. The average molecular weight is 343 g/mol. The number of hydrogen-bond acceptors (Lipinski definition) is 6. The summed E-state index contributed by atoms with van der Waals surface area (Å²) < 4.78 is 38.2. The Kier molecular flexibility index (Phi) is 5.31. The van der Waals surface area contributed by atoms with E-state index < -0.39 is 16.7 Å². The average Bonchev–Trinajstić information content (AvgIpc) is 2.52. The maximum absolute atomic E-state index is 12.7. The lowest BCUT2D eigenvalue weighted by molar-refractivity contribution is -0.384. The molecule has 0 atom stereocenters. The molecule has 0 unspecified atom stereocenters. The van der Waals surface area contributed by atoms with Gasteiger partial charge in [-0.05, 0) is 24.3 Å². The number of halogens is 3. The normalized spacial score (nSPS) is 11.3. The van der Waals surface area contributed by atoms with Crippen LogP contribution in [0, 0.1) is 10.1 Å². The first-order chi connectivity index (χ1) is 11.3. The summed E-state index contributed by atoms with van der Waals surface area (Å²) in [5.74, 6) is -0.198. The minimum Gasteiger partial charge on any atom is -0.334 e. The summed E-state index contributed by atoms with van der Waals surface area (Å²) in [7, 11) is 1.28. The number of nitrogens with one attached hydrogen (secondary N) is 1. The van der Waals surface area contributed by atoms with Gasteiger partial charge in [0.15, 0.2) is 0 Å². The van der Waals surface area contributed by atoms with Crippen LogP contribution in [0.5, 0.6) is 0 Å². The minimum absolute atomic E-state index is 0.0187. The predicted molar refractivity (Wildman–Crippen MR) is 77.4 cm³/mol. The van der Waals surface area contributed by atoms with Gasteiger partial charge in [0.05, 0.1) is 23.3 Å². The Morgan fingerprint density at radius 3 is 2.67 bits per heavy atom. The van der Waals surface area contributed by atoms with Gasteiger partial charge in [-0.3, -0.25) is 10.1 Å². The van der Waals surface area contributed by atoms with E-state index in [0.717, 1.165) is 12.1 Å². The van der Waals surface area contributed by atoms with Crippen molar-refractivity contribution in [3.8, 4) is 0 Å². The third-order valence-electron chi connectivity index (χ3n) is 2.91. The van der Waals surface area contributed by atoms with E-state index in [1.54, 1.807) is 0 Å². The Morgan fingerprint density at radius 1 is 1.29 bits per heavy atom. The molecule has 24 heavy (non-hydrogen) atoms. The number of alkyl halides is 3. The van der Waals surface area contributed by atoms with Crippen molar-refractivity contribution < 1.29 is 27.9 Å². The number of aromatic nitrogens is 1. The molecule has 0 saturated carbocycles. The Hall–Kier alpha value is -2.72. The monoisotopic (exact) mass is 343 g/mol. The second-order valence-corrected chi connectivity index (χ2v) is 4.56. The molecule has 0 aliphatic heterocycles. The van der Waals surface area contributed by atoms with Gasteiger partial charge in [-0.25, -0.2) is 14.8 Å². The molecule has 2 rings (SSSR count). The molecule has 0 bridgehead atoms. The van der Waals surface area contributed by atoms with Crippen LogP contribution in [0.2, 0.25) is 0 Å². The predicted octanol–water partition coefficient (Wildman–Crippen LogP) is 3.83. The first kappa shape index (κ1) is 17.6. The molecule has 0 saturated heterocycles. The molecule has 10 heteroatoms. The number of rotatable bonds is 6. The van der Waals surface area contributed by atoms with Gasteiger partial charge in [0, 0.05) is 11.8 Å². The SMILES string of the molecule is COOCc1ccc([N+](=O)[O-])c(Nc2cccc(C(F)(F)F)c2)n1. The van der Waals surface area contributed by atoms with Crippen molar-refractivity contribution in [3.63, 3.8) is 0 Å². The van der Waals surface area contributed by atoms with Crippen LogP contribution in [0.15, 0.2) is 36.4 Å². The van der Waals surface area contributed by atoms with Crippen molar-refractivity contribution in [1.82, 2.24) is 4.98 Å². The second kappa shape index (κ2) is 7.23. The van der Waals surface area contributed by atoms with Crippen LogP contribution in [0.1, 0.15) is 11.3 Å². The van der Waals surface area contributed by atoms with E-state index >= 15 is 0 Å². The summed E-state index contributed by atoms with van der Waals surface area (Å²) in [4.78, 5) is 23.4. The highest BCUT2D eigenvalue weighted by molar-refractivity contribution is 5.66. The Morgan fingerprint density at radius 2 is 2.04 bits per heavy atom. The van der Waals surface area contributed by atoms with Gasteiger partial charge in [-0.15, -0.1) is 0 Å². The van der Waals surface area contributed by atoms with Gasteiger partial charge in [-0.2, -0.15) is 13.2 Å². The number of anilines is 2. The van der Waals surface area contributed by atoms with E-state index in [1.165, 1.54) is 31.4 Å². The van der Waals surface area contributed by atoms with Crippen molar-refractivity contribution in [1.29, 1.82) is 0 Å². The van der Waals surface area contributed by atoms with Crippen molar-refractivity contribution in [3.05, 3.63) is 57.8 Å². The maximum Gasteiger partial charge on any atom is 0.416 e. The number of benzene rings is 1. The molecular formula is C14H12F3N3O4. The Labute approximate surface area is 134 Å². The fraction of sp³-hybridized carbons (Fsp3) is 0.214. The lowest BCUT2D eigenvalue weighted by atomic mass is 10.2. The quantitative estimate of drug-likeness (QED) is 0.487. The third kappa shape index (κ3) is 4.40. The van der Waals surface area contributed by atoms with Crippen LogP contribution >= 0.6 is 0 Å². The van der Waals surface area contributed by atoms with Gasteiger partial charge in [-0.1, -0.05) is 6.07 Å². The zero-order chi connectivity index (χ0) is 17.7. The van der Waals surface area contributed by atoms with Crippen molar-refractivity contribution in [2.45, 2.75) is 12.8 Å². The zero-order valence-corrected chi connectivity index (χ0v) is 12.3. The van der Waals surface area contributed by atoms with Crippen LogP contribution in [0.4, 0.5) is 30.4 Å². The standard InChI is InChI=1S/C14H12F3N3O4/c1-23-24-8-11-5-6-12(20(21)22)13(19-11)18-10-4-2-3-9(7-10)14(15,16)17/h2-7H,8H2,1H3,(H,18,19). The van der Waals surface area contributed by atoms with Gasteiger partial charge in [0.2, 0.25) is 5.82 Å². The van der Waals surface area contributed by atoms with E-state index in [0.29, 0.717) is 5.69 Å². The van der Waals surface area contributed by atoms with E-state index in [9.17, 15) is 23.3 Å². The zero-order valence-electron chi connectivity index (χ0n) is 12.3. The molecular weight excluding hydrogens is 331 g/mol. The smallest absolute Gasteiger partial charge is 0.334 e. The fourth-order valence-corrected chi connectivity index (χ4v) is 1.84. The lowest BCUT2D eigenvalue weighted by Gasteiger charge is -2.11. The molecule has 0 spiro atoms. The number of nitrogens with zero attached hydrogens (tertiary/aromatic N) is 2. The number of nitro groups is 1. The highest BCUT2D eigenvalue weighted by Gasteiger charge is 2.30. The van der Waals surface area contributed by atoms with E-state index in [-0.39, 0.29) is 23.8 Å². The largest absolute Gasteiger partial charge is 0.416 e. The summed E-state index contributed by atoms with van der Waals surface area (Å²) in [6.45, 7) is -0.0776. The minimum atomic E-state index is -4.52. The second-order valence-electron chi connectivity index (χ2n) is 4.56. The summed E-state index contributed by atoms with van der Waals surface area (Å²) in [6, 6.07) is 6.80. The summed E-state index contributed by atoms with van der Waals surface area (Å²) in [5.41, 5.74) is -0.940. The molecule has 1 aromatic heterocycles. The van der Waals surface area contributed by atoms with Gasteiger partial charge < -0.3 is 5.32 Å². The van der Waals surface area contributed by atoms with Crippen molar-refractivity contribution >= 4 is 17.2 Å². The van der Waals surface area contributed by atoms with Crippen LogP contribution in [0.3, 0.4) is 0 Å². The van der Waals surface area contributed by atoms with Crippen LogP contribution in [-0.2, 0) is 22.6 Å². The molecule has 1 aromatic carbocycles. The van der Waals surface area contributed by atoms with Gasteiger partial charge in [0.1, 0.15) is 6.61 Å². The topological polar surface area (TPSA) is 86.5 Å². The summed E-state index contributed by atoms with van der Waals surface area (Å²) in [5, 5.41) is 13.6. The highest BCUT2D eigenvalue weighted by atomic mass is 19.4.